The summed E-state index contributed by atoms with van der Waals surface area (Å²) >= 11 is 0. The first-order valence-electron chi connectivity index (χ1n) is 7.20. The van der Waals surface area contributed by atoms with Crippen LogP contribution in [0.25, 0.3) is 0 Å². The fraction of sp³-hybridized carbons (Fsp3) is 0.538. The van der Waals surface area contributed by atoms with Gasteiger partial charge in [-0.05, 0) is 22.6 Å². The maximum atomic E-state index is 12.6. The Morgan fingerprint density at radius 2 is 2.17 bits per heavy atom. The molecule has 3 rings (SSSR count). The molecular weight excluding hydrogens is 311 g/mol. The fourth-order valence-electron chi connectivity index (χ4n) is 2.61. The van der Waals surface area contributed by atoms with Crippen molar-refractivity contribution in [2.24, 2.45) is 0 Å². The number of aromatic nitrogens is 5. The Hall–Kier alpha value is -2.07. The summed E-state index contributed by atoms with van der Waals surface area (Å²) in [5.41, 5.74) is 0.870. The van der Waals surface area contributed by atoms with Crippen molar-refractivity contribution < 1.29 is 13.2 Å². The van der Waals surface area contributed by atoms with E-state index in [0.717, 1.165) is 16.9 Å². The normalized spacial score (nSPS) is 19.9. The molecule has 0 amide bonds. The van der Waals surface area contributed by atoms with E-state index in [-0.39, 0.29) is 18.4 Å². The van der Waals surface area contributed by atoms with Gasteiger partial charge in [0.15, 0.2) is 5.82 Å². The lowest BCUT2D eigenvalue weighted by Gasteiger charge is -2.35. The minimum absolute atomic E-state index is 0.0269. The van der Waals surface area contributed by atoms with E-state index in [1.807, 2.05) is 23.1 Å². The molecule has 1 aliphatic rings. The summed E-state index contributed by atoms with van der Waals surface area (Å²) < 4.78 is 38.5. The SMILES string of the molecule is FC(F)(F)Cn1nnnc1CN1CCNCC1c1ccccn1. The van der Waals surface area contributed by atoms with Crippen molar-refractivity contribution in [3.63, 3.8) is 0 Å². The largest absolute Gasteiger partial charge is 0.408 e. The van der Waals surface area contributed by atoms with Gasteiger partial charge in [0.25, 0.3) is 0 Å². The number of hydrogen-bond donors (Lipinski definition) is 1. The molecule has 23 heavy (non-hydrogen) atoms. The lowest BCUT2D eigenvalue weighted by atomic mass is 10.1. The molecule has 0 saturated carbocycles. The highest BCUT2D eigenvalue weighted by Crippen LogP contribution is 2.23. The zero-order valence-electron chi connectivity index (χ0n) is 12.2. The number of rotatable bonds is 4. The number of nitrogens with one attached hydrogen (secondary N) is 1. The molecule has 1 aliphatic heterocycles. The monoisotopic (exact) mass is 327 g/mol. The van der Waals surface area contributed by atoms with Crippen LogP contribution in [0.5, 0.6) is 0 Å². The van der Waals surface area contributed by atoms with E-state index in [0.29, 0.717) is 13.1 Å². The third kappa shape index (κ3) is 4.02. The molecule has 3 heterocycles. The van der Waals surface area contributed by atoms with Crippen molar-refractivity contribution in [1.82, 2.24) is 35.4 Å². The zero-order chi connectivity index (χ0) is 16.3. The fourth-order valence-corrected chi connectivity index (χ4v) is 2.61. The Bertz CT molecular complexity index is 628. The molecule has 0 bridgehead atoms. The first-order chi connectivity index (χ1) is 11.0. The third-order valence-electron chi connectivity index (χ3n) is 3.66. The summed E-state index contributed by atoms with van der Waals surface area (Å²) in [7, 11) is 0. The topological polar surface area (TPSA) is 71.8 Å². The van der Waals surface area contributed by atoms with Crippen LogP contribution in [0.4, 0.5) is 13.2 Å². The smallest absolute Gasteiger partial charge is 0.313 e. The van der Waals surface area contributed by atoms with Crippen molar-refractivity contribution in [2.75, 3.05) is 19.6 Å². The number of halogens is 3. The van der Waals surface area contributed by atoms with Gasteiger partial charge in [0.05, 0.1) is 18.3 Å². The minimum atomic E-state index is -4.35. The molecule has 1 atom stereocenters. The second-order valence-corrected chi connectivity index (χ2v) is 5.31. The van der Waals surface area contributed by atoms with Crippen molar-refractivity contribution in [1.29, 1.82) is 0 Å². The van der Waals surface area contributed by atoms with Crippen molar-refractivity contribution in [3.8, 4) is 0 Å². The highest BCUT2D eigenvalue weighted by atomic mass is 19.4. The first-order valence-corrected chi connectivity index (χ1v) is 7.20. The molecule has 2 aromatic heterocycles. The van der Waals surface area contributed by atoms with Crippen LogP contribution in [0.2, 0.25) is 0 Å². The lowest BCUT2D eigenvalue weighted by molar-refractivity contribution is -0.143. The van der Waals surface area contributed by atoms with Gasteiger partial charge in [-0.25, -0.2) is 4.68 Å². The predicted octanol–water partition coefficient (Wildman–Crippen LogP) is 0.777. The van der Waals surface area contributed by atoms with Crippen LogP contribution in [0, 0.1) is 0 Å². The molecule has 1 saturated heterocycles. The number of alkyl halides is 3. The van der Waals surface area contributed by atoms with E-state index in [4.69, 9.17) is 0 Å². The summed E-state index contributed by atoms with van der Waals surface area (Å²) in [6.07, 6.45) is -2.65. The van der Waals surface area contributed by atoms with Crippen LogP contribution >= 0.6 is 0 Å². The Morgan fingerprint density at radius 1 is 1.30 bits per heavy atom. The molecule has 0 aromatic carbocycles. The van der Waals surface area contributed by atoms with Crippen LogP contribution in [-0.2, 0) is 13.1 Å². The number of piperazine rings is 1. The zero-order valence-corrected chi connectivity index (χ0v) is 12.2. The van der Waals surface area contributed by atoms with Crippen LogP contribution in [0.1, 0.15) is 17.6 Å². The molecule has 0 radical (unpaired) electrons. The van der Waals surface area contributed by atoms with Gasteiger partial charge in [0.2, 0.25) is 0 Å². The maximum absolute atomic E-state index is 12.6. The first kappa shape index (κ1) is 15.8. The molecule has 7 nitrogen and oxygen atoms in total. The van der Waals surface area contributed by atoms with Crippen molar-refractivity contribution in [3.05, 3.63) is 35.9 Å². The molecule has 1 N–H and O–H groups in total. The van der Waals surface area contributed by atoms with Crippen LogP contribution < -0.4 is 5.32 Å². The maximum Gasteiger partial charge on any atom is 0.408 e. The van der Waals surface area contributed by atoms with Gasteiger partial charge in [-0.15, -0.1) is 5.10 Å². The van der Waals surface area contributed by atoms with Crippen LogP contribution in [0.3, 0.4) is 0 Å². The van der Waals surface area contributed by atoms with E-state index in [1.54, 1.807) is 6.20 Å². The van der Waals surface area contributed by atoms with E-state index in [1.165, 1.54) is 0 Å². The summed E-state index contributed by atoms with van der Waals surface area (Å²) in [6.45, 7) is 1.17. The second kappa shape index (κ2) is 6.59. The van der Waals surface area contributed by atoms with Gasteiger partial charge in [-0.2, -0.15) is 13.2 Å². The molecule has 0 spiro atoms. The summed E-state index contributed by atoms with van der Waals surface area (Å²) in [5.74, 6) is 0.199. The van der Waals surface area contributed by atoms with E-state index < -0.39 is 12.7 Å². The molecule has 1 fully saturated rings. The second-order valence-electron chi connectivity index (χ2n) is 5.31. The molecule has 0 aliphatic carbocycles. The Kier molecular flexibility index (Phi) is 4.53. The number of pyridine rings is 1. The van der Waals surface area contributed by atoms with Crippen LogP contribution in [0.15, 0.2) is 24.4 Å². The molecule has 2 aromatic rings. The number of hydrogen-bond acceptors (Lipinski definition) is 6. The van der Waals surface area contributed by atoms with E-state index in [2.05, 4.69) is 25.8 Å². The highest BCUT2D eigenvalue weighted by Gasteiger charge is 2.32. The van der Waals surface area contributed by atoms with Gasteiger partial charge in [0.1, 0.15) is 6.54 Å². The third-order valence-corrected chi connectivity index (χ3v) is 3.66. The summed E-state index contributed by atoms with van der Waals surface area (Å²) in [5, 5.41) is 13.8. The summed E-state index contributed by atoms with van der Waals surface area (Å²) in [6, 6.07) is 5.60. The van der Waals surface area contributed by atoms with Gasteiger partial charge >= 0.3 is 6.18 Å². The number of tetrazole rings is 1. The average Bonchev–Trinajstić information content (AvgIpc) is 2.94. The van der Waals surface area contributed by atoms with E-state index >= 15 is 0 Å². The van der Waals surface area contributed by atoms with E-state index in [9.17, 15) is 13.2 Å². The lowest BCUT2D eigenvalue weighted by Crippen LogP contribution is -2.46. The predicted molar refractivity (Wildman–Crippen MR) is 74.1 cm³/mol. The van der Waals surface area contributed by atoms with Gasteiger partial charge < -0.3 is 5.32 Å². The van der Waals surface area contributed by atoms with Gasteiger partial charge in [-0.3, -0.25) is 9.88 Å². The number of nitrogens with zero attached hydrogens (tertiary/aromatic N) is 6. The van der Waals surface area contributed by atoms with Crippen molar-refractivity contribution >= 4 is 0 Å². The quantitative estimate of drug-likeness (QED) is 0.895. The molecule has 1 unspecified atom stereocenters. The molecule has 10 heteroatoms. The Balaban J connectivity index is 1.77. The minimum Gasteiger partial charge on any atom is -0.313 e. The summed E-state index contributed by atoms with van der Waals surface area (Å²) in [4.78, 5) is 6.38. The average molecular weight is 327 g/mol. The van der Waals surface area contributed by atoms with Crippen molar-refractivity contribution in [2.45, 2.75) is 25.3 Å². The Labute approximate surface area is 130 Å². The standard InChI is InChI=1S/C13H16F3N7/c14-13(15,16)9-23-12(19-20-21-23)8-22-6-5-17-7-11(22)10-3-1-2-4-18-10/h1-4,11,17H,5-9H2. The van der Waals surface area contributed by atoms with Crippen LogP contribution in [-0.4, -0.2) is 55.9 Å². The molecule has 124 valence electrons. The Morgan fingerprint density at radius 3 is 2.91 bits per heavy atom. The van der Waals surface area contributed by atoms with Gasteiger partial charge in [0, 0.05) is 25.8 Å². The highest BCUT2D eigenvalue weighted by molar-refractivity contribution is 5.10. The molecular formula is C13H16F3N7. The van der Waals surface area contributed by atoms with Gasteiger partial charge in [-0.1, -0.05) is 6.07 Å².